The van der Waals surface area contributed by atoms with Gasteiger partial charge in [0.25, 0.3) is 0 Å². The van der Waals surface area contributed by atoms with Crippen molar-refractivity contribution >= 4 is 28.8 Å². The summed E-state index contributed by atoms with van der Waals surface area (Å²) in [6.07, 6.45) is 9.00. The molecule has 8 heteroatoms. The first-order chi connectivity index (χ1) is 17.9. The van der Waals surface area contributed by atoms with E-state index in [2.05, 4.69) is 47.5 Å². The molecule has 196 valence electrons. The van der Waals surface area contributed by atoms with E-state index in [1.165, 1.54) is 11.1 Å². The molecule has 2 heterocycles. The summed E-state index contributed by atoms with van der Waals surface area (Å²) in [5, 5.41) is 17.3. The molecule has 0 amide bonds. The number of benzene rings is 1. The lowest BCUT2D eigenvalue weighted by Crippen LogP contribution is -2.13. The van der Waals surface area contributed by atoms with Crippen LogP contribution in [-0.4, -0.2) is 46.0 Å². The lowest BCUT2D eigenvalue weighted by molar-refractivity contribution is 0.213. The summed E-state index contributed by atoms with van der Waals surface area (Å²) in [6.45, 7) is 9.75. The van der Waals surface area contributed by atoms with Gasteiger partial charge in [0, 0.05) is 38.0 Å². The van der Waals surface area contributed by atoms with Crippen LogP contribution in [0.1, 0.15) is 60.5 Å². The van der Waals surface area contributed by atoms with Crippen LogP contribution in [0, 0.1) is 32.1 Å². The van der Waals surface area contributed by atoms with E-state index in [1.54, 1.807) is 18.4 Å². The molecule has 0 saturated heterocycles. The highest BCUT2D eigenvalue weighted by Crippen LogP contribution is 2.35. The van der Waals surface area contributed by atoms with Crippen LogP contribution < -0.4 is 10.6 Å². The van der Waals surface area contributed by atoms with Gasteiger partial charge in [0.1, 0.15) is 10.8 Å². The maximum absolute atomic E-state index is 9.54. The largest absolute Gasteiger partial charge is 0.396 e. The zero-order valence-electron chi connectivity index (χ0n) is 22.6. The molecule has 1 atom stereocenters. The molecule has 3 aromatic rings. The average Bonchev–Trinajstić information content (AvgIpc) is 3.31. The quantitative estimate of drug-likeness (QED) is 0.154. The third-order valence-electron chi connectivity index (χ3n) is 6.56. The van der Waals surface area contributed by atoms with Crippen LogP contribution in [-0.2, 0) is 13.0 Å². The zero-order valence-corrected chi connectivity index (χ0v) is 23.4. The molecule has 37 heavy (non-hydrogen) atoms. The van der Waals surface area contributed by atoms with Crippen LogP contribution >= 0.6 is 11.3 Å². The van der Waals surface area contributed by atoms with E-state index in [4.69, 9.17) is 21.4 Å². The third kappa shape index (κ3) is 7.37. The van der Waals surface area contributed by atoms with E-state index in [0.29, 0.717) is 24.8 Å². The second-order valence-electron chi connectivity index (χ2n) is 9.14. The lowest BCUT2D eigenvalue weighted by Gasteiger charge is -2.16. The number of aliphatic hydroxyl groups is 1. The van der Waals surface area contributed by atoms with E-state index in [1.807, 2.05) is 26.0 Å². The fourth-order valence-corrected chi connectivity index (χ4v) is 5.26. The minimum atomic E-state index is 0.222. The summed E-state index contributed by atoms with van der Waals surface area (Å²) in [6, 6.07) is 8.29. The molecule has 0 fully saturated rings. The van der Waals surface area contributed by atoms with Crippen molar-refractivity contribution in [2.75, 3.05) is 30.8 Å². The van der Waals surface area contributed by atoms with Crippen molar-refractivity contribution in [3.63, 3.8) is 0 Å². The van der Waals surface area contributed by atoms with Crippen molar-refractivity contribution in [1.29, 1.82) is 0 Å². The Bertz CT molecular complexity index is 1260. The van der Waals surface area contributed by atoms with Gasteiger partial charge in [0.05, 0.1) is 22.7 Å². The van der Waals surface area contributed by atoms with Gasteiger partial charge in [0.2, 0.25) is 5.95 Å². The van der Waals surface area contributed by atoms with Gasteiger partial charge in [-0.2, -0.15) is 4.98 Å². The molecule has 0 aliphatic heterocycles. The van der Waals surface area contributed by atoms with Crippen LogP contribution in [0.2, 0.25) is 0 Å². The standard InChI is InChI=1S/C29H38N6OS/c1-7-12-24-26(21(5)30-6)34-28(37-24)25-20(4)33-29(32-17-23-15-10-9-13-19(23)3)35-27(25)31-16-11-14-22(8-2)18-36/h1,9-10,13,15,22,36H,8,11-12,14,16-18H2,2-6H3,(H2,31,32,33,35)/t22-/m0/s1. The van der Waals surface area contributed by atoms with Gasteiger partial charge in [-0.1, -0.05) is 37.6 Å². The van der Waals surface area contributed by atoms with Crippen LogP contribution in [0.25, 0.3) is 10.6 Å². The minimum Gasteiger partial charge on any atom is -0.396 e. The molecule has 0 saturated carbocycles. The smallest absolute Gasteiger partial charge is 0.225 e. The number of hydrogen-bond acceptors (Lipinski definition) is 8. The number of aryl methyl sites for hydroxylation is 2. The molecule has 2 aromatic heterocycles. The number of aliphatic imine (C=N–C) groups is 1. The van der Waals surface area contributed by atoms with Crippen LogP contribution in [0.15, 0.2) is 29.3 Å². The molecule has 3 rings (SSSR count). The van der Waals surface area contributed by atoms with Crippen molar-refractivity contribution in [2.24, 2.45) is 10.9 Å². The molecular formula is C29H38N6OS. The number of thiazole rings is 1. The molecular weight excluding hydrogens is 480 g/mol. The number of nitrogens with one attached hydrogen (secondary N) is 2. The van der Waals surface area contributed by atoms with Crippen LogP contribution in [0.3, 0.4) is 0 Å². The summed E-state index contributed by atoms with van der Waals surface area (Å²) in [5.41, 5.74) is 5.84. The minimum absolute atomic E-state index is 0.222. The third-order valence-corrected chi connectivity index (χ3v) is 7.63. The number of hydrogen-bond donors (Lipinski definition) is 3. The summed E-state index contributed by atoms with van der Waals surface area (Å²) in [4.78, 5) is 19.9. The highest BCUT2D eigenvalue weighted by molar-refractivity contribution is 7.15. The van der Waals surface area contributed by atoms with Gasteiger partial charge in [-0.3, -0.25) is 4.99 Å². The van der Waals surface area contributed by atoms with Gasteiger partial charge >= 0.3 is 0 Å². The molecule has 0 unspecified atom stereocenters. The molecule has 0 bridgehead atoms. The van der Waals surface area contributed by atoms with Crippen molar-refractivity contribution in [3.05, 3.63) is 51.7 Å². The first kappa shape index (κ1) is 28.3. The first-order valence-corrected chi connectivity index (χ1v) is 13.6. The molecule has 1 aromatic carbocycles. The van der Waals surface area contributed by atoms with E-state index in [0.717, 1.165) is 64.2 Å². The van der Waals surface area contributed by atoms with Crippen LogP contribution in [0.5, 0.6) is 0 Å². The Labute approximate surface area is 224 Å². The predicted molar refractivity (Wildman–Crippen MR) is 156 cm³/mol. The number of terminal acetylenes is 1. The van der Waals surface area contributed by atoms with E-state index in [-0.39, 0.29) is 6.61 Å². The van der Waals surface area contributed by atoms with Crippen molar-refractivity contribution in [3.8, 4) is 22.9 Å². The summed E-state index contributed by atoms with van der Waals surface area (Å²) >= 11 is 1.57. The number of aliphatic hydroxyl groups excluding tert-OH is 1. The van der Waals surface area contributed by atoms with E-state index >= 15 is 0 Å². The van der Waals surface area contributed by atoms with Gasteiger partial charge in [-0.25, -0.2) is 9.97 Å². The molecule has 0 aliphatic rings. The first-order valence-electron chi connectivity index (χ1n) is 12.8. The molecule has 0 aliphatic carbocycles. The van der Waals surface area contributed by atoms with Gasteiger partial charge < -0.3 is 15.7 Å². The maximum Gasteiger partial charge on any atom is 0.225 e. The SMILES string of the molecule is C#CCc1sc(-c2c(C)nc(NCc3ccccc3C)nc2NCCC[C@H](CC)CO)nc1C(C)=NC. The second kappa shape index (κ2) is 13.9. The number of anilines is 2. The predicted octanol–water partition coefficient (Wildman–Crippen LogP) is 5.65. The van der Waals surface area contributed by atoms with Crippen LogP contribution in [0.4, 0.5) is 11.8 Å². The molecule has 7 nitrogen and oxygen atoms in total. The van der Waals surface area contributed by atoms with Gasteiger partial charge in [-0.05, 0) is 50.7 Å². The number of nitrogens with zero attached hydrogens (tertiary/aromatic N) is 4. The summed E-state index contributed by atoms with van der Waals surface area (Å²) < 4.78 is 0. The normalized spacial score (nSPS) is 12.3. The topological polar surface area (TPSA) is 95.3 Å². The monoisotopic (exact) mass is 518 g/mol. The summed E-state index contributed by atoms with van der Waals surface area (Å²) in [5.74, 6) is 4.38. The highest BCUT2D eigenvalue weighted by Gasteiger charge is 2.21. The number of aromatic nitrogens is 3. The lowest BCUT2D eigenvalue weighted by atomic mass is 10.0. The molecule has 0 radical (unpaired) electrons. The van der Waals surface area contributed by atoms with Crippen molar-refractivity contribution < 1.29 is 5.11 Å². The Kier molecular flexibility index (Phi) is 10.6. The fourth-order valence-electron chi connectivity index (χ4n) is 4.10. The summed E-state index contributed by atoms with van der Waals surface area (Å²) in [7, 11) is 1.76. The Morgan fingerprint density at radius 1 is 1.19 bits per heavy atom. The Morgan fingerprint density at radius 3 is 2.65 bits per heavy atom. The number of rotatable bonds is 13. The average molecular weight is 519 g/mol. The van der Waals surface area contributed by atoms with E-state index < -0.39 is 0 Å². The fraction of sp³-hybridized carbons (Fsp3) is 0.448. The van der Waals surface area contributed by atoms with E-state index in [9.17, 15) is 5.11 Å². The Morgan fingerprint density at radius 2 is 1.97 bits per heavy atom. The second-order valence-corrected chi connectivity index (χ2v) is 10.2. The highest BCUT2D eigenvalue weighted by atomic mass is 32.1. The van der Waals surface area contributed by atoms with Gasteiger partial charge in [-0.15, -0.1) is 23.7 Å². The van der Waals surface area contributed by atoms with Gasteiger partial charge in [0.15, 0.2) is 0 Å². The van der Waals surface area contributed by atoms with Crippen molar-refractivity contribution in [1.82, 2.24) is 15.0 Å². The Hall–Kier alpha value is -3.28. The maximum atomic E-state index is 9.54. The van der Waals surface area contributed by atoms with Crippen molar-refractivity contribution in [2.45, 2.75) is 59.9 Å². The molecule has 3 N–H and O–H groups in total. The zero-order chi connectivity index (χ0) is 26.8. The molecule has 0 spiro atoms. The Balaban J connectivity index is 1.95.